The molecule has 0 spiro atoms. The Bertz CT molecular complexity index is 654. The van der Waals surface area contributed by atoms with Gasteiger partial charge in [0.1, 0.15) is 5.75 Å². The zero-order valence-corrected chi connectivity index (χ0v) is 11.9. The molecular weight excluding hydrogens is 330 g/mol. The summed E-state index contributed by atoms with van der Waals surface area (Å²) in [6.45, 7) is 0.107. The van der Waals surface area contributed by atoms with Crippen molar-refractivity contribution >= 4 is 21.6 Å². The van der Waals surface area contributed by atoms with Gasteiger partial charge in [-0.15, -0.1) is 0 Å². The maximum Gasteiger partial charge on any atom is 0.273 e. The summed E-state index contributed by atoms with van der Waals surface area (Å²) < 4.78 is 11.2. The number of non-ortho nitro benzene ring substituents is 1. The smallest absolute Gasteiger partial charge is 0.273 e. The van der Waals surface area contributed by atoms with Crippen LogP contribution in [0.15, 0.2) is 27.2 Å². The van der Waals surface area contributed by atoms with E-state index >= 15 is 0 Å². The second-order valence-corrected chi connectivity index (χ2v) is 5.34. The molecule has 20 heavy (non-hydrogen) atoms. The summed E-state index contributed by atoms with van der Waals surface area (Å²) in [6.07, 6.45) is 2.16. The molecule has 1 aromatic carbocycles. The molecule has 1 aromatic heterocycles. The molecule has 2 aromatic rings. The first-order valence-corrected chi connectivity index (χ1v) is 6.82. The Balaban J connectivity index is 1.70. The van der Waals surface area contributed by atoms with Crippen LogP contribution in [0.25, 0.3) is 0 Å². The molecule has 0 unspecified atom stereocenters. The van der Waals surface area contributed by atoms with Gasteiger partial charge in [0.2, 0.25) is 11.7 Å². The number of rotatable bonds is 5. The third kappa shape index (κ3) is 2.79. The highest BCUT2D eigenvalue weighted by atomic mass is 79.9. The van der Waals surface area contributed by atoms with Crippen molar-refractivity contribution < 1.29 is 14.2 Å². The molecule has 0 atom stereocenters. The van der Waals surface area contributed by atoms with Gasteiger partial charge in [-0.25, -0.2) is 0 Å². The van der Waals surface area contributed by atoms with E-state index in [1.165, 1.54) is 12.1 Å². The summed E-state index contributed by atoms with van der Waals surface area (Å²) >= 11 is 3.28. The molecule has 1 aliphatic carbocycles. The van der Waals surface area contributed by atoms with Crippen molar-refractivity contribution in [2.75, 3.05) is 0 Å². The number of nitro benzene ring substituents is 1. The van der Waals surface area contributed by atoms with Gasteiger partial charge in [-0.1, -0.05) is 5.16 Å². The Morgan fingerprint density at radius 3 is 3.00 bits per heavy atom. The summed E-state index contributed by atoms with van der Waals surface area (Å²) in [5.41, 5.74) is -0.0324. The summed E-state index contributed by atoms with van der Waals surface area (Å²) in [5, 5.41) is 14.5. The SMILES string of the molecule is O=[N+]([O-])c1ccc(Br)c(OCc2noc(C3CC3)n2)c1. The summed E-state index contributed by atoms with van der Waals surface area (Å²) in [6, 6.07) is 4.32. The van der Waals surface area contributed by atoms with Gasteiger partial charge in [0.25, 0.3) is 5.69 Å². The fourth-order valence-corrected chi connectivity index (χ4v) is 2.04. The van der Waals surface area contributed by atoms with Crippen LogP contribution in [0.2, 0.25) is 0 Å². The van der Waals surface area contributed by atoms with E-state index < -0.39 is 4.92 Å². The Labute approximate surface area is 122 Å². The quantitative estimate of drug-likeness (QED) is 0.613. The molecule has 104 valence electrons. The highest BCUT2D eigenvalue weighted by Gasteiger charge is 2.29. The number of benzene rings is 1. The Morgan fingerprint density at radius 1 is 1.50 bits per heavy atom. The van der Waals surface area contributed by atoms with Gasteiger partial charge in [-0.05, 0) is 34.8 Å². The molecular formula is C12H10BrN3O4. The summed E-state index contributed by atoms with van der Waals surface area (Å²) in [5.74, 6) is 1.84. The molecule has 0 radical (unpaired) electrons. The summed E-state index contributed by atoms with van der Waals surface area (Å²) in [7, 11) is 0. The monoisotopic (exact) mass is 339 g/mol. The van der Waals surface area contributed by atoms with Crippen LogP contribution in [0.1, 0.15) is 30.5 Å². The van der Waals surface area contributed by atoms with E-state index in [0.717, 1.165) is 12.8 Å². The molecule has 1 saturated carbocycles. The van der Waals surface area contributed by atoms with Crippen LogP contribution < -0.4 is 4.74 Å². The number of ether oxygens (including phenoxy) is 1. The number of aromatic nitrogens is 2. The Hall–Kier alpha value is -1.96. The van der Waals surface area contributed by atoms with Gasteiger partial charge in [-0.3, -0.25) is 10.1 Å². The Kier molecular flexibility index (Phi) is 3.39. The third-order valence-electron chi connectivity index (χ3n) is 2.89. The minimum Gasteiger partial charge on any atom is -0.484 e. The maximum absolute atomic E-state index is 10.7. The fourth-order valence-electron chi connectivity index (χ4n) is 1.68. The van der Waals surface area contributed by atoms with E-state index in [4.69, 9.17) is 9.26 Å². The molecule has 1 heterocycles. The van der Waals surface area contributed by atoms with E-state index in [2.05, 4.69) is 26.1 Å². The molecule has 8 heteroatoms. The number of nitrogens with zero attached hydrogens (tertiary/aromatic N) is 3. The molecule has 0 saturated heterocycles. The number of hydrogen-bond acceptors (Lipinski definition) is 6. The average Bonchev–Trinajstić information content (AvgIpc) is 3.17. The van der Waals surface area contributed by atoms with E-state index in [0.29, 0.717) is 27.9 Å². The van der Waals surface area contributed by atoms with Crippen LogP contribution in [0.4, 0.5) is 5.69 Å². The zero-order valence-electron chi connectivity index (χ0n) is 10.3. The second kappa shape index (κ2) is 5.20. The van der Waals surface area contributed by atoms with E-state index in [1.807, 2.05) is 0 Å². The molecule has 0 amide bonds. The van der Waals surface area contributed by atoms with Crippen LogP contribution in [0.5, 0.6) is 5.75 Å². The van der Waals surface area contributed by atoms with Gasteiger partial charge in [0, 0.05) is 12.0 Å². The van der Waals surface area contributed by atoms with Crippen molar-refractivity contribution in [1.29, 1.82) is 0 Å². The van der Waals surface area contributed by atoms with Crippen molar-refractivity contribution in [2.45, 2.75) is 25.4 Å². The third-order valence-corrected chi connectivity index (χ3v) is 3.55. The normalized spacial score (nSPS) is 14.2. The van der Waals surface area contributed by atoms with Gasteiger partial charge in [-0.2, -0.15) is 4.98 Å². The van der Waals surface area contributed by atoms with E-state index in [9.17, 15) is 10.1 Å². The van der Waals surface area contributed by atoms with Gasteiger partial charge in [0.05, 0.1) is 15.5 Å². The minimum absolute atomic E-state index is 0.0324. The fraction of sp³-hybridized carbons (Fsp3) is 0.333. The lowest BCUT2D eigenvalue weighted by Crippen LogP contribution is -1.99. The largest absolute Gasteiger partial charge is 0.484 e. The maximum atomic E-state index is 10.7. The van der Waals surface area contributed by atoms with Crippen molar-refractivity contribution in [3.63, 3.8) is 0 Å². The first kappa shape index (κ1) is 13.0. The van der Waals surface area contributed by atoms with Crippen LogP contribution in [-0.4, -0.2) is 15.1 Å². The Morgan fingerprint density at radius 2 is 2.30 bits per heavy atom. The first-order chi connectivity index (χ1) is 9.63. The predicted molar refractivity (Wildman–Crippen MR) is 71.4 cm³/mol. The highest BCUT2D eigenvalue weighted by Crippen LogP contribution is 2.39. The van der Waals surface area contributed by atoms with Crippen LogP contribution >= 0.6 is 15.9 Å². The second-order valence-electron chi connectivity index (χ2n) is 4.48. The highest BCUT2D eigenvalue weighted by molar-refractivity contribution is 9.10. The topological polar surface area (TPSA) is 91.3 Å². The minimum atomic E-state index is -0.473. The lowest BCUT2D eigenvalue weighted by atomic mass is 10.3. The molecule has 0 N–H and O–H groups in total. The number of halogens is 1. The summed E-state index contributed by atoms with van der Waals surface area (Å²) in [4.78, 5) is 14.5. The molecule has 7 nitrogen and oxygen atoms in total. The molecule has 1 fully saturated rings. The van der Waals surface area contributed by atoms with Crippen LogP contribution in [-0.2, 0) is 6.61 Å². The van der Waals surface area contributed by atoms with E-state index in [1.54, 1.807) is 6.07 Å². The molecule has 3 rings (SSSR count). The van der Waals surface area contributed by atoms with Gasteiger partial charge < -0.3 is 9.26 Å². The van der Waals surface area contributed by atoms with E-state index in [-0.39, 0.29) is 12.3 Å². The molecule has 0 bridgehead atoms. The van der Waals surface area contributed by atoms with Gasteiger partial charge in [0.15, 0.2) is 6.61 Å². The van der Waals surface area contributed by atoms with Crippen molar-refractivity contribution in [3.8, 4) is 5.75 Å². The number of nitro groups is 1. The zero-order chi connectivity index (χ0) is 14.1. The number of hydrogen-bond donors (Lipinski definition) is 0. The first-order valence-electron chi connectivity index (χ1n) is 6.02. The molecule has 1 aliphatic rings. The average molecular weight is 340 g/mol. The standard InChI is InChI=1S/C12H10BrN3O4/c13-9-4-3-8(16(17)18)5-10(9)19-6-11-14-12(20-15-11)7-1-2-7/h3-5,7H,1-2,6H2. The lowest BCUT2D eigenvalue weighted by Gasteiger charge is -2.05. The van der Waals surface area contributed by atoms with Crippen molar-refractivity contribution in [3.05, 3.63) is 44.5 Å². The van der Waals surface area contributed by atoms with Crippen molar-refractivity contribution in [2.24, 2.45) is 0 Å². The predicted octanol–water partition coefficient (Wildman–Crippen LogP) is 3.20. The van der Waals surface area contributed by atoms with Crippen LogP contribution in [0, 0.1) is 10.1 Å². The van der Waals surface area contributed by atoms with Gasteiger partial charge >= 0.3 is 0 Å². The molecule has 0 aliphatic heterocycles. The lowest BCUT2D eigenvalue weighted by molar-refractivity contribution is -0.385. The van der Waals surface area contributed by atoms with Crippen LogP contribution in [0.3, 0.4) is 0 Å². The van der Waals surface area contributed by atoms with Crippen molar-refractivity contribution in [1.82, 2.24) is 10.1 Å².